The van der Waals surface area contributed by atoms with Crippen LogP contribution in [0.25, 0.3) is 0 Å². The third-order valence-electron chi connectivity index (χ3n) is 5.10. The first-order valence-electron chi connectivity index (χ1n) is 8.55. The Morgan fingerprint density at radius 2 is 2.09 bits per heavy atom. The van der Waals surface area contributed by atoms with E-state index in [-0.39, 0.29) is 30.9 Å². The van der Waals surface area contributed by atoms with Crippen LogP contribution in [-0.2, 0) is 14.3 Å². The highest BCUT2D eigenvalue weighted by atomic mass is 16.5. The number of urea groups is 1. The molecule has 3 rings (SSSR count). The quantitative estimate of drug-likeness (QED) is 0.478. The second-order valence-electron chi connectivity index (χ2n) is 6.76. The number of hydrogen-bond donors (Lipinski definition) is 1. The van der Waals surface area contributed by atoms with Gasteiger partial charge in [0.15, 0.2) is 0 Å². The maximum atomic E-state index is 12.4. The molecule has 6 nitrogen and oxygen atoms in total. The zero-order valence-corrected chi connectivity index (χ0v) is 13.4. The number of rotatable bonds is 5. The van der Waals surface area contributed by atoms with Gasteiger partial charge in [-0.25, -0.2) is 4.79 Å². The molecule has 0 aromatic carbocycles. The van der Waals surface area contributed by atoms with E-state index in [2.05, 4.69) is 17.5 Å². The average Bonchev–Trinajstić information content (AvgIpc) is 3.11. The number of amides is 3. The molecule has 3 aliphatic rings. The summed E-state index contributed by atoms with van der Waals surface area (Å²) < 4.78 is 5.29. The standard InChI is InChI=1S/C17H24N2O4/c20-14(23-12-13-6-2-1-3-7-13)8-11-19-15(21)17(18-16(19)22)9-4-5-10-17/h1-2,13H,3-12H2,(H,18,22). The highest BCUT2D eigenvalue weighted by molar-refractivity contribution is 6.07. The second-order valence-corrected chi connectivity index (χ2v) is 6.76. The van der Waals surface area contributed by atoms with E-state index in [0.29, 0.717) is 25.4 Å². The molecule has 1 N–H and O–H groups in total. The van der Waals surface area contributed by atoms with Gasteiger partial charge in [0.2, 0.25) is 0 Å². The molecule has 3 amide bonds. The van der Waals surface area contributed by atoms with E-state index in [1.807, 2.05) is 0 Å². The molecule has 2 fully saturated rings. The SMILES string of the molecule is O=C(CCN1C(=O)NC2(CCCC2)C1=O)OCC1CC=CCC1. The molecule has 2 aliphatic carbocycles. The first-order valence-corrected chi connectivity index (χ1v) is 8.55. The predicted octanol–water partition coefficient (Wildman–Crippen LogP) is 2.14. The minimum absolute atomic E-state index is 0.0673. The van der Waals surface area contributed by atoms with Crippen LogP contribution in [0.3, 0.4) is 0 Å². The number of carbonyl (C=O) groups is 3. The van der Waals surface area contributed by atoms with Gasteiger partial charge in [-0.2, -0.15) is 0 Å². The number of imide groups is 1. The number of nitrogens with zero attached hydrogens (tertiary/aromatic N) is 1. The number of allylic oxidation sites excluding steroid dienone is 2. The molecule has 1 heterocycles. The van der Waals surface area contributed by atoms with Crippen LogP contribution in [0.4, 0.5) is 4.79 Å². The summed E-state index contributed by atoms with van der Waals surface area (Å²) in [5, 5.41) is 2.81. The number of carbonyl (C=O) groups excluding carboxylic acids is 3. The molecule has 1 saturated carbocycles. The van der Waals surface area contributed by atoms with Crippen LogP contribution in [0.5, 0.6) is 0 Å². The van der Waals surface area contributed by atoms with Crippen LogP contribution >= 0.6 is 0 Å². The topological polar surface area (TPSA) is 75.7 Å². The fourth-order valence-corrected chi connectivity index (χ4v) is 3.69. The molecule has 1 spiro atoms. The van der Waals surface area contributed by atoms with Gasteiger partial charge in [0.25, 0.3) is 5.91 Å². The molecule has 126 valence electrons. The van der Waals surface area contributed by atoms with Crippen molar-refractivity contribution in [1.82, 2.24) is 10.2 Å². The average molecular weight is 320 g/mol. The fourth-order valence-electron chi connectivity index (χ4n) is 3.69. The summed E-state index contributed by atoms with van der Waals surface area (Å²) in [5.41, 5.74) is -0.699. The van der Waals surface area contributed by atoms with Gasteiger partial charge in [-0.1, -0.05) is 25.0 Å². The number of hydrogen-bond acceptors (Lipinski definition) is 4. The molecule has 1 saturated heterocycles. The number of ether oxygens (including phenoxy) is 1. The number of esters is 1. The monoisotopic (exact) mass is 320 g/mol. The molecule has 1 aliphatic heterocycles. The van der Waals surface area contributed by atoms with Gasteiger partial charge >= 0.3 is 12.0 Å². The molecular weight excluding hydrogens is 296 g/mol. The van der Waals surface area contributed by atoms with Crippen LogP contribution in [0.1, 0.15) is 51.4 Å². The third-order valence-corrected chi connectivity index (χ3v) is 5.10. The summed E-state index contributed by atoms with van der Waals surface area (Å²) in [6, 6.07) is -0.373. The summed E-state index contributed by atoms with van der Waals surface area (Å²) in [5.74, 6) is -0.125. The van der Waals surface area contributed by atoms with Gasteiger partial charge < -0.3 is 10.1 Å². The first kappa shape index (κ1) is 16.0. The van der Waals surface area contributed by atoms with Crippen molar-refractivity contribution >= 4 is 17.9 Å². The van der Waals surface area contributed by atoms with Gasteiger partial charge in [-0.05, 0) is 38.0 Å². The summed E-state index contributed by atoms with van der Waals surface area (Å²) in [4.78, 5) is 37.5. The van der Waals surface area contributed by atoms with E-state index < -0.39 is 5.54 Å². The molecule has 0 radical (unpaired) electrons. The molecule has 1 atom stereocenters. The summed E-state index contributed by atoms with van der Waals surface area (Å²) in [6.45, 7) is 0.531. The fraction of sp³-hybridized carbons (Fsp3) is 0.706. The molecule has 0 aromatic rings. The smallest absolute Gasteiger partial charge is 0.325 e. The van der Waals surface area contributed by atoms with Crippen molar-refractivity contribution in [3.05, 3.63) is 12.2 Å². The molecular formula is C17H24N2O4. The Balaban J connectivity index is 1.44. The van der Waals surface area contributed by atoms with E-state index in [1.165, 1.54) is 4.90 Å². The van der Waals surface area contributed by atoms with Crippen LogP contribution in [0, 0.1) is 5.92 Å². The Labute approximate surface area is 136 Å². The van der Waals surface area contributed by atoms with Crippen molar-refractivity contribution in [2.24, 2.45) is 5.92 Å². The zero-order chi connectivity index (χ0) is 16.3. The molecule has 1 unspecified atom stereocenters. The van der Waals surface area contributed by atoms with Crippen molar-refractivity contribution in [3.8, 4) is 0 Å². The van der Waals surface area contributed by atoms with E-state index in [4.69, 9.17) is 4.74 Å². The Morgan fingerprint density at radius 1 is 1.30 bits per heavy atom. The Bertz CT molecular complexity index is 523. The van der Waals surface area contributed by atoms with E-state index in [9.17, 15) is 14.4 Å². The highest BCUT2D eigenvalue weighted by Crippen LogP contribution is 2.35. The highest BCUT2D eigenvalue weighted by Gasteiger charge is 2.52. The Morgan fingerprint density at radius 3 is 2.78 bits per heavy atom. The molecule has 0 bridgehead atoms. The summed E-state index contributed by atoms with van der Waals surface area (Å²) >= 11 is 0. The van der Waals surface area contributed by atoms with Crippen molar-refractivity contribution in [1.29, 1.82) is 0 Å². The lowest BCUT2D eigenvalue weighted by Crippen LogP contribution is -2.44. The van der Waals surface area contributed by atoms with E-state index >= 15 is 0 Å². The minimum atomic E-state index is -0.699. The van der Waals surface area contributed by atoms with Crippen molar-refractivity contribution in [3.63, 3.8) is 0 Å². The van der Waals surface area contributed by atoms with Crippen LogP contribution in [0.2, 0.25) is 0 Å². The normalized spacial score (nSPS) is 25.9. The van der Waals surface area contributed by atoms with Crippen LogP contribution < -0.4 is 5.32 Å². The summed E-state index contributed by atoms with van der Waals surface area (Å²) in [7, 11) is 0. The molecule has 6 heteroatoms. The van der Waals surface area contributed by atoms with Gasteiger partial charge in [0.05, 0.1) is 13.0 Å². The van der Waals surface area contributed by atoms with Crippen LogP contribution in [-0.4, -0.2) is 41.5 Å². The molecule has 23 heavy (non-hydrogen) atoms. The maximum absolute atomic E-state index is 12.4. The molecule has 0 aromatic heterocycles. The lowest BCUT2D eigenvalue weighted by molar-refractivity contribution is -0.145. The van der Waals surface area contributed by atoms with Crippen LogP contribution in [0.15, 0.2) is 12.2 Å². The minimum Gasteiger partial charge on any atom is -0.465 e. The lowest BCUT2D eigenvalue weighted by atomic mass is 9.95. The maximum Gasteiger partial charge on any atom is 0.325 e. The second kappa shape index (κ2) is 6.72. The van der Waals surface area contributed by atoms with E-state index in [1.54, 1.807) is 0 Å². The third kappa shape index (κ3) is 3.41. The Hall–Kier alpha value is -1.85. The lowest BCUT2D eigenvalue weighted by Gasteiger charge is -2.20. The van der Waals surface area contributed by atoms with Crippen molar-refractivity contribution in [2.45, 2.75) is 56.9 Å². The Kier molecular flexibility index (Phi) is 4.68. The number of nitrogens with one attached hydrogen (secondary N) is 1. The predicted molar refractivity (Wildman–Crippen MR) is 83.5 cm³/mol. The van der Waals surface area contributed by atoms with E-state index in [0.717, 1.165) is 32.1 Å². The summed E-state index contributed by atoms with van der Waals surface area (Å²) in [6.07, 6.45) is 10.7. The van der Waals surface area contributed by atoms with Gasteiger partial charge in [0, 0.05) is 6.54 Å². The van der Waals surface area contributed by atoms with Gasteiger partial charge in [0.1, 0.15) is 5.54 Å². The van der Waals surface area contributed by atoms with Gasteiger partial charge in [-0.15, -0.1) is 0 Å². The van der Waals surface area contributed by atoms with Crippen molar-refractivity contribution in [2.75, 3.05) is 13.2 Å². The first-order chi connectivity index (χ1) is 11.1. The van der Waals surface area contributed by atoms with Gasteiger partial charge in [-0.3, -0.25) is 14.5 Å². The largest absolute Gasteiger partial charge is 0.465 e. The zero-order valence-electron chi connectivity index (χ0n) is 13.4. The van der Waals surface area contributed by atoms with Crippen molar-refractivity contribution < 1.29 is 19.1 Å².